The molecule has 4 rings (SSSR count). The number of rotatable bonds is 8. The van der Waals surface area contributed by atoms with E-state index in [9.17, 15) is 27.5 Å². The summed E-state index contributed by atoms with van der Waals surface area (Å²) in [6.45, 7) is 3.67. The zero-order chi connectivity index (χ0) is 24.5. The Morgan fingerprint density at radius 2 is 2.03 bits per heavy atom. The average Bonchev–Trinajstić information content (AvgIpc) is 3.42. The molecule has 1 saturated carbocycles. The van der Waals surface area contributed by atoms with Crippen LogP contribution in [-0.4, -0.2) is 43.2 Å². The standard InChI is InChI=1S/C23H23F4N5O2/c1-2-5-13-10-28-21(16-12-30-20-15(16)8-14(24)11-29-20)32-19(13)31-17(9-18(33)34)22(23(25,26)27)6-3-4-7-22/h2,8,10-12,17H,1,3-7,9H2,(H,29,30)(H,33,34)(H,28,31,32). The fourth-order valence-electron chi connectivity index (χ4n) is 4.69. The number of hydrogen-bond donors (Lipinski definition) is 3. The van der Waals surface area contributed by atoms with Gasteiger partial charge in [-0.15, -0.1) is 6.58 Å². The van der Waals surface area contributed by atoms with Gasteiger partial charge in [0, 0.05) is 28.9 Å². The number of H-pyrrole nitrogens is 1. The Kier molecular flexibility index (Phi) is 6.28. The van der Waals surface area contributed by atoms with Crippen LogP contribution in [0.3, 0.4) is 0 Å². The molecule has 3 aromatic rings. The molecule has 3 aromatic heterocycles. The third-order valence-corrected chi connectivity index (χ3v) is 6.38. The summed E-state index contributed by atoms with van der Waals surface area (Å²) in [5, 5.41) is 12.6. The van der Waals surface area contributed by atoms with E-state index < -0.39 is 35.8 Å². The number of nitrogens with zero attached hydrogens (tertiary/aromatic N) is 3. The van der Waals surface area contributed by atoms with Crippen molar-refractivity contribution in [2.24, 2.45) is 5.41 Å². The molecule has 1 aliphatic rings. The number of anilines is 1. The summed E-state index contributed by atoms with van der Waals surface area (Å²) in [6, 6.07) is -0.173. The van der Waals surface area contributed by atoms with Crippen molar-refractivity contribution < 1.29 is 27.5 Å². The number of aromatic amines is 1. The summed E-state index contributed by atoms with van der Waals surface area (Å²) in [5.41, 5.74) is -0.907. The first kappa shape index (κ1) is 23.7. The summed E-state index contributed by atoms with van der Waals surface area (Å²) in [4.78, 5) is 27.2. The molecule has 1 atom stereocenters. The predicted molar refractivity (Wildman–Crippen MR) is 118 cm³/mol. The van der Waals surface area contributed by atoms with Crippen LogP contribution >= 0.6 is 0 Å². The monoisotopic (exact) mass is 477 g/mol. The van der Waals surface area contributed by atoms with Crippen LogP contribution in [0.2, 0.25) is 0 Å². The Labute approximate surface area is 192 Å². The number of nitrogens with one attached hydrogen (secondary N) is 2. The van der Waals surface area contributed by atoms with Gasteiger partial charge in [0.25, 0.3) is 0 Å². The van der Waals surface area contributed by atoms with Gasteiger partial charge in [-0.25, -0.2) is 19.3 Å². The molecule has 180 valence electrons. The number of carboxylic acid groups (broad SMARTS) is 1. The number of aromatic nitrogens is 4. The van der Waals surface area contributed by atoms with E-state index in [2.05, 4.69) is 31.8 Å². The lowest BCUT2D eigenvalue weighted by molar-refractivity contribution is -0.228. The zero-order valence-corrected chi connectivity index (χ0v) is 18.1. The van der Waals surface area contributed by atoms with E-state index in [0.29, 0.717) is 35.0 Å². The molecule has 34 heavy (non-hydrogen) atoms. The maximum atomic E-state index is 14.3. The normalized spacial score (nSPS) is 16.5. The molecule has 0 amide bonds. The smallest absolute Gasteiger partial charge is 0.396 e. The molecule has 3 heterocycles. The van der Waals surface area contributed by atoms with Crippen LogP contribution < -0.4 is 5.32 Å². The van der Waals surface area contributed by atoms with E-state index in [-0.39, 0.29) is 30.9 Å². The summed E-state index contributed by atoms with van der Waals surface area (Å²) < 4.78 is 56.5. The zero-order valence-electron chi connectivity index (χ0n) is 18.1. The fraction of sp³-hybridized carbons (Fsp3) is 0.391. The highest BCUT2D eigenvalue weighted by Crippen LogP contribution is 2.54. The topological polar surface area (TPSA) is 104 Å². The van der Waals surface area contributed by atoms with Gasteiger partial charge in [-0.05, 0) is 25.3 Å². The van der Waals surface area contributed by atoms with Crippen LogP contribution in [0.5, 0.6) is 0 Å². The van der Waals surface area contributed by atoms with Gasteiger partial charge in [0.1, 0.15) is 17.3 Å². The molecule has 1 unspecified atom stereocenters. The number of alkyl halides is 3. The van der Waals surface area contributed by atoms with Crippen molar-refractivity contribution in [3.8, 4) is 11.4 Å². The molecule has 0 radical (unpaired) electrons. The van der Waals surface area contributed by atoms with Gasteiger partial charge in [0.05, 0.1) is 24.1 Å². The third-order valence-electron chi connectivity index (χ3n) is 6.38. The lowest BCUT2D eigenvalue weighted by Crippen LogP contribution is -2.50. The second-order valence-corrected chi connectivity index (χ2v) is 8.47. The minimum Gasteiger partial charge on any atom is -0.481 e. The second-order valence-electron chi connectivity index (χ2n) is 8.47. The molecule has 7 nitrogen and oxygen atoms in total. The van der Waals surface area contributed by atoms with Crippen LogP contribution in [0.4, 0.5) is 23.4 Å². The number of allylic oxidation sites excluding steroid dienone is 1. The molecule has 0 saturated heterocycles. The van der Waals surface area contributed by atoms with Crippen molar-refractivity contribution in [3.05, 3.63) is 48.7 Å². The lowest BCUT2D eigenvalue weighted by atomic mass is 9.76. The van der Waals surface area contributed by atoms with Crippen molar-refractivity contribution in [1.29, 1.82) is 0 Å². The van der Waals surface area contributed by atoms with Crippen LogP contribution in [0.1, 0.15) is 37.7 Å². The van der Waals surface area contributed by atoms with Gasteiger partial charge >= 0.3 is 12.1 Å². The van der Waals surface area contributed by atoms with Gasteiger partial charge in [-0.3, -0.25) is 4.79 Å². The number of halogens is 4. The molecule has 0 aromatic carbocycles. The Hall–Kier alpha value is -3.50. The second kappa shape index (κ2) is 9.03. The van der Waals surface area contributed by atoms with E-state index in [1.54, 1.807) is 6.08 Å². The molecular weight excluding hydrogens is 454 g/mol. The van der Waals surface area contributed by atoms with Gasteiger partial charge in [0.15, 0.2) is 5.82 Å². The number of carbonyl (C=O) groups is 1. The molecule has 1 aliphatic carbocycles. The molecule has 11 heteroatoms. The largest absolute Gasteiger partial charge is 0.481 e. The predicted octanol–water partition coefficient (Wildman–Crippen LogP) is 5.27. The van der Waals surface area contributed by atoms with Crippen LogP contribution in [-0.2, 0) is 11.2 Å². The highest BCUT2D eigenvalue weighted by molar-refractivity contribution is 5.91. The number of aliphatic carboxylic acids is 1. The third kappa shape index (κ3) is 4.34. The molecular formula is C23H23F4N5O2. The molecule has 1 fully saturated rings. The first-order valence-electron chi connectivity index (χ1n) is 10.8. The fourth-order valence-corrected chi connectivity index (χ4v) is 4.69. The van der Waals surface area contributed by atoms with E-state index >= 15 is 0 Å². The molecule has 0 aliphatic heterocycles. The summed E-state index contributed by atoms with van der Waals surface area (Å²) in [5.74, 6) is -1.68. The van der Waals surface area contributed by atoms with Crippen LogP contribution in [0, 0.1) is 11.2 Å². The Morgan fingerprint density at radius 1 is 1.29 bits per heavy atom. The number of hydrogen-bond acceptors (Lipinski definition) is 5. The average molecular weight is 477 g/mol. The molecule has 3 N–H and O–H groups in total. The minimum absolute atomic E-state index is 0.0883. The van der Waals surface area contributed by atoms with Crippen molar-refractivity contribution in [2.45, 2.75) is 50.7 Å². The maximum Gasteiger partial charge on any atom is 0.396 e. The SMILES string of the molecule is C=CCc1cnc(-c2c[nH]c3ncc(F)cc23)nc1NC(CC(=O)O)C1(C(F)(F)F)CCCC1. The Bertz CT molecular complexity index is 1220. The Morgan fingerprint density at radius 3 is 2.68 bits per heavy atom. The van der Waals surface area contributed by atoms with E-state index in [4.69, 9.17) is 0 Å². The van der Waals surface area contributed by atoms with Gasteiger partial charge in [-0.2, -0.15) is 13.2 Å². The van der Waals surface area contributed by atoms with Gasteiger partial charge in [-0.1, -0.05) is 18.9 Å². The van der Waals surface area contributed by atoms with Crippen molar-refractivity contribution >= 4 is 22.8 Å². The van der Waals surface area contributed by atoms with Crippen molar-refractivity contribution in [3.63, 3.8) is 0 Å². The number of pyridine rings is 1. The number of carboxylic acids is 1. The summed E-state index contributed by atoms with van der Waals surface area (Å²) in [7, 11) is 0. The number of fused-ring (bicyclic) bond motifs is 1. The van der Waals surface area contributed by atoms with E-state index in [1.165, 1.54) is 18.5 Å². The van der Waals surface area contributed by atoms with Gasteiger partial charge < -0.3 is 15.4 Å². The molecule has 0 bridgehead atoms. The summed E-state index contributed by atoms with van der Waals surface area (Å²) >= 11 is 0. The van der Waals surface area contributed by atoms with Crippen LogP contribution in [0.25, 0.3) is 22.4 Å². The lowest BCUT2D eigenvalue weighted by Gasteiger charge is -2.39. The Balaban J connectivity index is 1.80. The first-order valence-corrected chi connectivity index (χ1v) is 10.8. The maximum absolute atomic E-state index is 14.3. The highest BCUT2D eigenvalue weighted by atomic mass is 19.4. The van der Waals surface area contributed by atoms with E-state index in [0.717, 1.165) is 6.20 Å². The highest BCUT2D eigenvalue weighted by Gasteiger charge is 2.60. The quantitative estimate of drug-likeness (QED) is 0.302. The summed E-state index contributed by atoms with van der Waals surface area (Å²) in [6.07, 6.45) is 0.920. The first-order chi connectivity index (χ1) is 16.1. The van der Waals surface area contributed by atoms with Crippen molar-refractivity contribution in [2.75, 3.05) is 5.32 Å². The minimum atomic E-state index is -4.59. The van der Waals surface area contributed by atoms with Gasteiger partial charge in [0.2, 0.25) is 0 Å². The van der Waals surface area contributed by atoms with Crippen molar-refractivity contribution in [1.82, 2.24) is 19.9 Å². The van der Waals surface area contributed by atoms with E-state index in [1.807, 2.05) is 0 Å². The van der Waals surface area contributed by atoms with Crippen LogP contribution in [0.15, 0.2) is 37.3 Å². The molecule has 0 spiro atoms.